The van der Waals surface area contributed by atoms with Crippen molar-refractivity contribution >= 4 is 21.0 Å². The number of halogens is 2. The molecular formula is C17H13F2NO4S. The zero-order valence-electron chi connectivity index (χ0n) is 13.1. The molecule has 0 radical (unpaired) electrons. The number of hydrogen-bond acceptors (Lipinski definition) is 4. The molecule has 0 unspecified atom stereocenters. The average molecular weight is 365 g/mol. The van der Waals surface area contributed by atoms with Gasteiger partial charge in [0.2, 0.25) is 10.0 Å². The summed E-state index contributed by atoms with van der Waals surface area (Å²) in [6, 6.07) is 9.99. The number of benzene rings is 2. The number of hydrogen-bond donors (Lipinski definition) is 0. The Morgan fingerprint density at radius 1 is 1.00 bits per heavy atom. The van der Waals surface area contributed by atoms with Crippen LogP contribution in [0.4, 0.5) is 8.78 Å². The minimum atomic E-state index is -3.86. The van der Waals surface area contributed by atoms with Crippen LogP contribution in [0.5, 0.6) is 0 Å². The molecule has 2 aromatic carbocycles. The average Bonchev–Trinajstić information content (AvgIpc) is 2.57. The molecular weight excluding hydrogens is 352 g/mol. The number of rotatable bonds is 4. The lowest BCUT2D eigenvalue weighted by atomic mass is 10.2. The molecule has 0 aliphatic heterocycles. The van der Waals surface area contributed by atoms with Crippen molar-refractivity contribution in [2.75, 3.05) is 7.05 Å². The van der Waals surface area contributed by atoms with E-state index in [1.54, 1.807) is 0 Å². The summed E-state index contributed by atoms with van der Waals surface area (Å²) < 4.78 is 57.6. The van der Waals surface area contributed by atoms with E-state index in [4.69, 9.17) is 4.42 Å². The third-order valence-corrected chi connectivity index (χ3v) is 5.49. The zero-order chi connectivity index (χ0) is 18.2. The second kappa shape index (κ2) is 6.38. The van der Waals surface area contributed by atoms with Crippen molar-refractivity contribution in [3.63, 3.8) is 0 Å². The molecule has 130 valence electrons. The molecule has 0 fully saturated rings. The van der Waals surface area contributed by atoms with Gasteiger partial charge in [-0.1, -0.05) is 6.07 Å². The van der Waals surface area contributed by atoms with Crippen LogP contribution in [0, 0.1) is 11.6 Å². The number of sulfonamides is 1. The van der Waals surface area contributed by atoms with Crippen LogP contribution < -0.4 is 5.63 Å². The van der Waals surface area contributed by atoms with Crippen molar-refractivity contribution in [2.45, 2.75) is 11.4 Å². The Morgan fingerprint density at radius 2 is 1.76 bits per heavy atom. The molecule has 0 atom stereocenters. The lowest BCUT2D eigenvalue weighted by Crippen LogP contribution is -2.26. The smallest absolute Gasteiger partial charge is 0.336 e. The molecule has 3 aromatic rings. The van der Waals surface area contributed by atoms with Crippen LogP contribution in [-0.4, -0.2) is 19.8 Å². The fraction of sp³-hybridized carbons (Fsp3) is 0.118. The third kappa shape index (κ3) is 3.45. The van der Waals surface area contributed by atoms with Gasteiger partial charge in [-0.2, -0.15) is 4.31 Å². The molecule has 1 heterocycles. The Bertz CT molecular complexity index is 1110. The Kier molecular flexibility index (Phi) is 4.40. The molecule has 0 saturated carbocycles. The number of nitrogens with zero attached hydrogens (tertiary/aromatic N) is 1. The normalized spacial score (nSPS) is 12.0. The first-order valence-electron chi connectivity index (χ1n) is 7.21. The van der Waals surface area contributed by atoms with Crippen molar-refractivity contribution in [3.8, 4) is 0 Å². The summed E-state index contributed by atoms with van der Waals surface area (Å²) in [5, 5.41) is 0.460. The molecule has 8 heteroatoms. The lowest BCUT2D eigenvalue weighted by molar-refractivity contribution is 0.462. The maximum atomic E-state index is 13.3. The van der Waals surface area contributed by atoms with Crippen molar-refractivity contribution in [3.05, 3.63) is 76.1 Å². The number of fused-ring (bicyclic) bond motifs is 1. The van der Waals surface area contributed by atoms with Crippen LogP contribution in [-0.2, 0) is 16.6 Å². The summed E-state index contributed by atoms with van der Waals surface area (Å²) in [5.41, 5.74) is 0.0602. The van der Waals surface area contributed by atoms with Crippen molar-refractivity contribution in [1.82, 2.24) is 4.31 Å². The summed E-state index contributed by atoms with van der Waals surface area (Å²) in [6.07, 6.45) is 0. The molecule has 0 bridgehead atoms. The van der Waals surface area contributed by atoms with E-state index in [0.717, 1.165) is 16.4 Å². The Hall–Kier alpha value is -2.58. The topological polar surface area (TPSA) is 67.6 Å². The molecule has 0 amide bonds. The quantitative estimate of drug-likeness (QED) is 0.667. The Labute approximate surface area is 142 Å². The van der Waals surface area contributed by atoms with Crippen LogP contribution in [0.1, 0.15) is 5.56 Å². The summed E-state index contributed by atoms with van der Waals surface area (Å²) in [6.45, 7) is -0.124. The molecule has 3 rings (SSSR count). The predicted molar refractivity (Wildman–Crippen MR) is 87.5 cm³/mol. The first-order chi connectivity index (χ1) is 11.8. The van der Waals surface area contributed by atoms with Crippen LogP contribution in [0.25, 0.3) is 11.0 Å². The van der Waals surface area contributed by atoms with Gasteiger partial charge in [0.15, 0.2) is 11.6 Å². The lowest BCUT2D eigenvalue weighted by Gasteiger charge is -2.17. The molecule has 5 nitrogen and oxygen atoms in total. The minimum Gasteiger partial charge on any atom is -0.423 e. The van der Waals surface area contributed by atoms with E-state index in [9.17, 15) is 22.0 Å². The molecule has 0 spiro atoms. The van der Waals surface area contributed by atoms with Crippen molar-refractivity contribution < 1.29 is 21.6 Å². The third-order valence-electron chi connectivity index (χ3n) is 3.69. The van der Waals surface area contributed by atoms with Gasteiger partial charge in [0.05, 0.1) is 4.90 Å². The standard InChI is InChI=1S/C17H13F2NO4S/c1-20(10-11-2-5-14(18)15(19)8-11)25(22,23)13-4-6-16-12(9-13)3-7-17(21)24-16/h2-9H,10H2,1H3. The fourth-order valence-corrected chi connectivity index (χ4v) is 3.57. The van der Waals surface area contributed by atoms with E-state index in [1.807, 2.05) is 0 Å². The van der Waals surface area contributed by atoms with Crippen LogP contribution in [0.3, 0.4) is 0 Å². The maximum absolute atomic E-state index is 13.3. The van der Waals surface area contributed by atoms with Crippen LogP contribution in [0.2, 0.25) is 0 Å². The summed E-state index contributed by atoms with van der Waals surface area (Å²) in [4.78, 5) is 11.2. The second-order valence-corrected chi connectivity index (χ2v) is 7.51. The van der Waals surface area contributed by atoms with Gasteiger partial charge in [-0.05, 0) is 42.0 Å². The van der Waals surface area contributed by atoms with E-state index in [0.29, 0.717) is 10.9 Å². The summed E-state index contributed by atoms with van der Waals surface area (Å²) >= 11 is 0. The van der Waals surface area contributed by atoms with Gasteiger partial charge in [-0.15, -0.1) is 0 Å². The highest BCUT2D eigenvalue weighted by atomic mass is 32.2. The summed E-state index contributed by atoms with van der Waals surface area (Å²) in [7, 11) is -2.53. The highest BCUT2D eigenvalue weighted by Crippen LogP contribution is 2.22. The van der Waals surface area contributed by atoms with E-state index >= 15 is 0 Å². The molecule has 0 N–H and O–H groups in total. The van der Waals surface area contributed by atoms with Crippen molar-refractivity contribution in [2.24, 2.45) is 0 Å². The van der Waals surface area contributed by atoms with E-state index in [-0.39, 0.29) is 17.0 Å². The molecule has 0 saturated heterocycles. The Morgan fingerprint density at radius 3 is 2.48 bits per heavy atom. The minimum absolute atomic E-state index is 0.000988. The fourth-order valence-electron chi connectivity index (χ4n) is 2.37. The first kappa shape index (κ1) is 17.2. The zero-order valence-corrected chi connectivity index (χ0v) is 13.9. The largest absolute Gasteiger partial charge is 0.423 e. The molecule has 0 aliphatic carbocycles. The maximum Gasteiger partial charge on any atom is 0.336 e. The predicted octanol–water partition coefficient (Wildman–Crippen LogP) is 2.89. The van der Waals surface area contributed by atoms with E-state index in [1.165, 1.54) is 43.4 Å². The van der Waals surface area contributed by atoms with Gasteiger partial charge in [0, 0.05) is 25.0 Å². The van der Waals surface area contributed by atoms with E-state index < -0.39 is 27.3 Å². The summed E-state index contributed by atoms with van der Waals surface area (Å²) in [5.74, 6) is -2.03. The van der Waals surface area contributed by atoms with Crippen molar-refractivity contribution in [1.29, 1.82) is 0 Å². The molecule has 0 aliphatic rings. The van der Waals surface area contributed by atoms with Gasteiger partial charge in [0.25, 0.3) is 0 Å². The highest BCUT2D eigenvalue weighted by Gasteiger charge is 2.22. The van der Waals surface area contributed by atoms with E-state index in [2.05, 4.69) is 0 Å². The monoisotopic (exact) mass is 365 g/mol. The van der Waals surface area contributed by atoms with Gasteiger partial charge < -0.3 is 4.42 Å². The SMILES string of the molecule is CN(Cc1ccc(F)c(F)c1)S(=O)(=O)c1ccc2oc(=O)ccc2c1. The van der Waals surface area contributed by atoms with Gasteiger partial charge >= 0.3 is 5.63 Å². The molecule has 25 heavy (non-hydrogen) atoms. The van der Waals surface area contributed by atoms with Gasteiger partial charge in [-0.3, -0.25) is 0 Å². The molecule has 1 aromatic heterocycles. The van der Waals surface area contributed by atoms with Crippen LogP contribution in [0.15, 0.2) is 62.6 Å². The Balaban J connectivity index is 1.93. The van der Waals surface area contributed by atoms with Crippen LogP contribution >= 0.6 is 0 Å². The van der Waals surface area contributed by atoms with Gasteiger partial charge in [0.1, 0.15) is 5.58 Å². The van der Waals surface area contributed by atoms with Gasteiger partial charge in [-0.25, -0.2) is 22.0 Å². The first-order valence-corrected chi connectivity index (χ1v) is 8.65. The second-order valence-electron chi connectivity index (χ2n) is 5.46. The highest BCUT2D eigenvalue weighted by molar-refractivity contribution is 7.89.